The van der Waals surface area contributed by atoms with Crippen LogP contribution in [0, 0.1) is 0 Å². The van der Waals surface area contributed by atoms with E-state index in [0.717, 1.165) is 6.26 Å². The molecule has 0 aliphatic heterocycles. The fourth-order valence-corrected chi connectivity index (χ4v) is 2.32. The molecule has 4 nitrogen and oxygen atoms in total. The topological polar surface area (TPSA) is 59.3 Å². The summed E-state index contributed by atoms with van der Waals surface area (Å²) in [6, 6.07) is 11.7. The lowest BCUT2D eigenvalue weighted by Gasteiger charge is -2.05. The van der Waals surface area contributed by atoms with E-state index in [2.05, 4.69) is 5.32 Å². The van der Waals surface area contributed by atoms with E-state index in [4.69, 9.17) is 27.6 Å². The van der Waals surface area contributed by atoms with E-state index < -0.39 is 11.3 Å². The molecule has 0 atom stereocenters. The van der Waals surface area contributed by atoms with Gasteiger partial charge in [-0.1, -0.05) is 41.4 Å². The van der Waals surface area contributed by atoms with Gasteiger partial charge in [-0.3, -0.25) is 9.59 Å². The van der Waals surface area contributed by atoms with Crippen molar-refractivity contribution < 1.29 is 9.21 Å². The fourth-order valence-electron chi connectivity index (χ4n) is 2.00. The second-order valence-electron chi connectivity index (χ2n) is 4.56. The largest absolute Gasteiger partial charge is 0.463 e. The molecule has 1 amide bonds. The summed E-state index contributed by atoms with van der Waals surface area (Å²) in [7, 11) is 0. The first-order valence-corrected chi connectivity index (χ1v) is 7.09. The van der Waals surface area contributed by atoms with E-state index in [9.17, 15) is 9.59 Å². The highest BCUT2D eigenvalue weighted by atomic mass is 35.5. The Morgan fingerprint density at radius 1 is 1.05 bits per heavy atom. The third-order valence-electron chi connectivity index (χ3n) is 3.09. The van der Waals surface area contributed by atoms with Crippen LogP contribution in [-0.2, 0) is 0 Å². The van der Waals surface area contributed by atoms with Crippen molar-refractivity contribution in [2.24, 2.45) is 0 Å². The van der Waals surface area contributed by atoms with Crippen LogP contribution in [0.5, 0.6) is 0 Å². The number of para-hydroxylation sites is 1. The van der Waals surface area contributed by atoms with E-state index >= 15 is 0 Å². The maximum Gasteiger partial charge on any atom is 0.262 e. The highest BCUT2D eigenvalue weighted by Gasteiger charge is 2.15. The van der Waals surface area contributed by atoms with Crippen molar-refractivity contribution in [1.82, 2.24) is 0 Å². The van der Waals surface area contributed by atoms with Crippen LogP contribution < -0.4 is 10.7 Å². The van der Waals surface area contributed by atoms with Crippen LogP contribution >= 0.6 is 23.2 Å². The van der Waals surface area contributed by atoms with Crippen LogP contribution in [0.1, 0.15) is 10.4 Å². The minimum atomic E-state index is -0.548. The number of amides is 1. The van der Waals surface area contributed by atoms with Crippen molar-refractivity contribution in [3.63, 3.8) is 0 Å². The molecule has 22 heavy (non-hydrogen) atoms. The maximum absolute atomic E-state index is 12.4. The van der Waals surface area contributed by atoms with Crippen molar-refractivity contribution in [2.45, 2.75) is 0 Å². The molecule has 1 N–H and O–H groups in total. The summed E-state index contributed by atoms with van der Waals surface area (Å²) >= 11 is 11.8. The summed E-state index contributed by atoms with van der Waals surface area (Å²) in [6.07, 6.45) is 1.12. The maximum atomic E-state index is 12.4. The minimum Gasteiger partial charge on any atom is -0.463 e. The zero-order valence-corrected chi connectivity index (χ0v) is 12.6. The number of hydrogen-bond donors (Lipinski definition) is 1. The van der Waals surface area contributed by atoms with Crippen molar-refractivity contribution in [3.05, 3.63) is 74.6 Å². The van der Waals surface area contributed by atoms with Crippen LogP contribution in [0.2, 0.25) is 10.0 Å². The standard InChI is InChI=1S/C16H9Cl2NO3/c17-12-6-10-14(7-13(12)18)22-8-11(15(10)20)16(21)19-9-4-2-1-3-5-9/h1-8H,(H,19,21). The van der Waals surface area contributed by atoms with Gasteiger partial charge in [0, 0.05) is 11.8 Å². The Kier molecular flexibility index (Phi) is 3.88. The number of anilines is 1. The number of carbonyl (C=O) groups excluding carboxylic acids is 1. The van der Waals surface area contributed by atoms with E-state index in [-0.39, 0.29) is 26.6 Å². The number of fused-ring (bicyclic) bond motifs is 1. The molecule has 6 heteroatoms. The Bertz CT molecular complexity index is 920. The summed E-state index contributed by atoms with van der Waals surface area (Å²) in [5, 5.41) is 3.34. The molecule has 0 saturated heterocycles. The summed E-state index contributed by atoms with van der Waals surface area (Å²) in [6.45, 7) is 0. The first kappa shape index (κ1) is 14.6. The van der Waals surface area contributed by atoms with Crippen LogP contribution in [0.15, 0.2) is 57.9 Å². The van der Waals surface area contributed by atoms with Crippen molar-refractivity contribution in [1.29, 1.82) is 0 Å². The second-order valence-corrected chi connectivity index (χ2v) is 5.38. The number of benzene rings is 2. The molecule has 2 aromatic carbocycles. The average molecular weight is 334 g/mol. The smallest absolute Gasteiger partial charge is 0.262 e. The summed E-state index contributed by atoms with van der Waals surface area (Å²) in [5.41, 5.74) is 0.291. The monoisotopic (exact) mass is 333 g/mol. The minimum absolute atomic E-state index is 0.102. The molecular weight excluding hydrogens is 325 g/mol. The lowest BCUT2D eigenvalue weighted by atomic mass is 10.1. The number of halogens is 2. The first-order valence-electron chi connectivity index (χ1n) is 6.33. The number of nitrogens with one attached hydrogen (secondary N) is 1. The number of carbonyl (C=O) groups is 1. The van der Waals surface area contributed by atoms with Crippen molar-refractivity contribution in [2.75, 3.05) is 5.32 Å². The average Bonchev–Trinajstić information content (AvgIpc) is 2.50. The second kappa shape index (κ2) is 5.83. The lowest BCUT2D eigenvalue weighted by molar-refractivity contribution is 0.102. The summed E-state index contributed by atoms with van der Waals surface area (Å²) in [5.74, 6) is -0.548. The molecule has 0 fully saturated rings. The molecule has 0 aliphatic carbocycles. The van der Waals surface area contributed by atoms with Crippen LogP contribution in [0.4, 0.5) is 5.69 Å². The highest BCUT2D eigenvalue weighted by Crippen LogP contribution is 2.26. The summed E-state index contributed by atoms with van der Waals surface area (Å²) < 4.78 is 5.31. The Morgan fingerprint density at radius 3 is 2.45 bits per heavy atom. The SMILES string of the molecule is O=C(Nc1ccccc1)c1coc2cc(Cl)c(Cl)cc2c1=O. The molecule has 110 valence electrons. The molecule has 0 bridgehead atoms. The number of hydrogen-bond acceptors (Lipinski definition) is 3. The van der Waals surface area contributed by atoms with Gasteiger partial charge in [0.2, 0.25) is 5.43 Å². The normalized spacial score (nSPS) is 10.6. The third kappa shape index (κ3) is 2.71. The predicted octanol–water partition coefficient (Wildman–Crippen LogP) is 4.35. The van der Waals surface area contributed by atoms with Gasteiger partial charge in [0.25, 0.3) is 5.91 Å². The molecule has 3 aromatic rings. The van der Waals surface area contributed by atoms with Crippen molar-refractivity contribution >= 4 is 45.8 Å². The molecule has 1 aromatic heterocycles. The Balaban J connectivity index is 2.04. The zero-order chi connectivity index (χ0) is 15.7. The highest BCUT2D eigenvalue weighted by molar-refractivity contribution is 6.42. The molecule has 0 aliphatic rings. The van der Waals surface area contributed by atoms with Gasteiger partial charge >= 0.3 is 0 Å². The van der Waals surface area contributed by atoms with Gasteiger partial charge < -0.3 is 9.73 Å². The molecule has 1 heterocycles. The van der Waals surface area contributed by atoms with Gasteiger partial charge in [-0.25, -0.2) is 0 Å². The molecule has 3 rings (SSSR count). The van der Waals surface area contributed by atoms with Gasteiger partial charge in [-0.2, -0.15) is 0 Å². The molecule has 0 unspecified atom stereocenters. The third-order valence-corrected chi connectivity index (χ3v) is 3.81. The van der Waals surface area contributed by atoms with E-state index in [1.807, 2.05) is 6.07 Å². The molecule has 0 radical (unpaired) electrons. The molecule has 0 saturated carbocycles. The molecular formula is C16H9Cl2NO3. The van der Waals surface area contributed by atoms with Crippen LogP contribution in [0.3, 0.4) is 0 Å². The molecule has 0 spiro atoms. The van der Waals surface area contributed by atoms with E-state index in [1.165, 1.54) is 12.1 Å². The van der Waals surface area contributed by atoms with Gasteiger partial charge in [0.05, 0.1) is 15.4 Å². The van der Waals surface area contributed by atoms with Gasteiger partial charge in [-0.15, -0.1) is 0 Å². The lowest BCUT2D eigenvalue weighted by Crippen LogP contribution is -2.21. The number of rotatable bonds is 2. The van der Waals surface area contributed by atoms with Crippen LogP contribution in [0.25, 0.3) is 11.0 Å². The van der Waals surface area contributed by atoms with Crippen molar-refractivity contribution in [3.8, 4) is 0 Å². The van der Waals surface area contributed by atoms with Gasteiger partial charge in [-0.05, 0) is 18.2 Å². The fraction of sp³-hybridized carbons (Fsp3) is 0. The van der Waals surface area contributed by atoms with E-state index in [0.29, 0.717) is 5.69 Å². The summed E-state index contributed by atoms with van der Waals surface area (Å²) in [4.78, 5) is 24.6. The Morgan fingerprint density at radius 2 is 1.73 bits per heavy atom. The predicted molar refractivity (Wildman–Crippen MR) is 86.9 cm³/mol. The zero-order valence-electron chi connectivity index (χ0n) is 11.1. The van der Waals surface area contributed by atoms with Crippen LogP contribution in [-0.4, -0.2) is 5.91 Å². The van der Waals surface area contributed by atoms with E-state index in [1.54, 1.807) is 24.3 Å². The van der Waals surface area contributed by atoms with Gasteiger partial charge in [0.1, 0.15) is 17.4 Å². The first-order chi connectivity index (χ1) is 10.6. The Hall–Kier alpha value is -2.30. The Labute approximate surface area is 135 Å². The van der Waals surface area contributed by atoms with Gasteiger partial charge in [0.15, 0.2) is 0 Å². The quantitative estimate of drug-likeness (QED) is 0.758.